The summed E-state index contributed by atoms with van der Waals surface area (Å²) in [6.07, 6.45) is 1.53. The highest BCUT2D eigenvalue weighted by Gasteiger charge is 2.37. The molecule has 1 fully saturated rings. The van der Waals surface area contributed by atoms with Gasteiger partial charge >= 0.3 is 5.97 Å². The number of halogens is 1. The predicted octanol–water partition coefficient (Wildman–Crippen LogP) is 4.10. The molecule has 1 aliphatic heterocycles. The molecule has 3 rings (SSSR count). The Bertz CT molecular complexity index is 778. The van der Waals surface area contributed by atoms with Crippen LogP contribution < -0.4 is 9.47 Å². The molecule has 2 atom stereocenters. The number of nitrogens with zero attached hydrogens (tertiary/aromatic N) is 1. The highest BCUT2D eigenvalue weighted by Crippen LogP contribution is 2.38. The van der Waals surface area contributed by atoms with Gasteiger partial charge in [0.15, 0.2) is 11.5 Å². The molecule has 5 nitrogen and oxygen atoms in total. The van der Waals surface area contributed by atoms with Crippen molar-refractivity contribution in [2.24, 2.45) is 0 Å². The van der Waals surface area contributed by atoms with E-state index in [9.17, 15) is 9.90 Å². The van der Waals surface area contributed by atoms with E-state index in [0.29, 0.717) is 17.9 Å². The summed E-state index contributed by atoms with van der Waals surface area (Å²) in [4.78, 5) is 13.8. The van der Waals surface area contributed by atoms with Crippen LogP contribution in [0.5, 0.6) is 11.5 Å². The smallest absolute Gasteiger partial charge is 0.320 e. The molecule has 2 aromatic rings. The van der Waals surface area contributed by atoms with Gasteiger partial charge in [0, 0.05) is 11.0 Å². The molecule has 1 heterocycles. The number of benzene rings is 2. The number of carboxylic acids is 1. The number of carbonyl (C=O) groups is 1. The van der Waals surface area contributed by atoms with Gasteiger partial charge < -0.3 is 14.6 Å². The number of ether oxygens (including phenoxy) is 2. The molecule has 0 aliphatic carbocycles. The van der Waals surface area contributed by atoms with E-state index in [1.165, 1.54) is 0 Å². The van der Waals surface area contributed by atoms with Crippen molar-refractivity contribution < 1.29 is 19.4 Å². The van der Waals surface area contributed by atoms with Gasteiger partial charge in [-0.05, 0) is 48.2 Å². The normalized spacial score (nSPS) is 18.5. The standard InChI is InChI=1S/C20H22BrNO4/c1-25-17-10-7-14(12-18(17)26-2)19(13-5-8-15(21)9-6-13)22-11-3-4-16(22)20(23)24/h5-10,12,16,19H,3-4,11H2,1-2H3,(H,23,24). The minimum atomic E-state index is -0.773. The summed E-state index contributed by atoms with van der Waals surface area (Å²) in [6, 6.07) is 13.2. The molecule has 1 aliphatic rings. The maximum absolute atomic E-state index is 11.8. The average molecular weight is 420 g/mol. The highest BCUT2D eigenvalue weighted by molar-refractivity contribution is 9.10. The Kier molecular flexibility index (Phi) is 5.84. The number of likely N-dealkylation sites (tertiary alicyclic amines) is 1. The van der Waals surface area contributed by atoms with Crippen LogP contribution in [0, 0.1) is 0 Å². The van der Waals surface area contributed by atoms with Crippen LogP contribution in [0.25, 0.3) is 0 Å². The van der Waals surface area contributed by atoms with Gasteiger partial charge in [-0.1, -0.05) is 34.1 Å². The van der Waals surface area contributed by atoms with Crippen LogP contribution in [0.2, 0.25) is 0 Å². The second-order valence-electron chi connectivity index (χ2n) is 6.30. The lowest BCUT2D eigenvalue weighted by Gasteiger charge is -2.32. The molecular formula is C20H22BrNO4. The van der Waals surface area contributed by atoms with Gasteiger partial charge in [-0.15, -0.1) is 0 Å². The van der Waals surface area contributed by atoms with Crippen LogP contribution >= 0.6 is 15.9 Å². The van der Waals surface area contributed by atoms with Gasteiger partial charge in [0.2, 0.25) is 0 Å². The fourth-order valence-corrected chi connectivity index (χ4v) is 3.87. The molecule has 0 saturated carbocycles. The molecule has 0 spiro atoms. The van der Waals surface area contributed by atoms with Crippen molar-refractivity contribution in [1.29, 1.82) is 0 Å². The summed E-state index contributed by atoms with van der Waals surface area (Å²) in [5, 5.41) is 9.66. The van der Waals surface area contributed by atoms with Crippen LogP contribution in [0.15, 0.2) is 46.9 Å². The van der Waals surface area contributed by atoms with Crippen LogP contribution in [-0.2, 0) is 4.79 Å². The summed E-state index contributed by atoms with van der Waals surface area (Å²) in [5.41, 5.74) is 2.03. The first-order valence-electron chi connectivity index (χ1n) is 8.51. The van der Waals surface area contributed by atoms with Crippen molar-refractivity contribution in [3.8, 4) is 11.5 Å². The lowest BCUT2D eigenvalue weighted by Crippen LogP contribution is -2.39. The van der Waals surface area contributed by atoms with Gasteiger partial charge in [0.1, 0.15) is 6.04 Å². The van der Waals surface area contributed by atoms with Crippen molar-refractivity contribution >= 4 is 21.9 Å². The van der Waals surface area contributed by atoms with Crippen molar-refractivity contribution in [1.82, 2.24) is 4.90 Å². The Labute approximate surface area is 161 Å². The van der Waals surface area contributed by atoms with E-state index >= 15 is 0 Å². The second kappa shape index (κ2) is 8.10. The first-order chi connectivity index (χ1) is 12.5. The topological polar surface area (TPSA) is 59.0 Å². The third kappa shape index (κ3) is 3.71. The quantitative estimate of drug-likeness (QED) is 0.763. The third-order valence-corrected chi connectivity index (χ3v) is 5.35. The number of hydrogen-bond acceptors (Lipinski definition) is 4. The molecule has 0 bridgehead atoms. The minimum Gasteiger partial charge on any atom is -0.493 e. The van der Waals surface area contributed by atoms with Crippen molar-refractivity contribution in [2.45, 2.75) is 24.9 Å². The number of rotatable bonds is 6. The number of aliphatic carboxylic acids is 1. The van der Waals surface area contributed by atoms with E-state index in [1.54, 1.807) is 14.2 Å². The fourth-order valence-electron chi connectivity index (χ4n) is 3.61. The number of methoxy groups -OCH3 is 2. The molecule has 0 aromatic heterocycles. The predicted molar refractivity (Wildman–Crippen MR) is 103 cm³/mol. The summed E-state index contributed by atoms with van der Waals surface area (Å²) in [6.45, 7) is 0.742. The van der Waals surface area contributed by atoms with Gasteiger partial charge in [0.25, 0.3) is 0 Å². The van der Waals surface area contributed by atoms with Crippen molar-refractivity contribution in [2.75, 3.05) is 20.8 Å². The lowest BCUT2D eigenvalue weighted by atomic mass is 9.96. The van der Waals surface area contributed by atoms with Gasteiger partial charge in [-0.3, -0.25) is 9.69 Å². The van der Waals surface area contributed by atoms with Crippen LogP contribution in [0.3, 0.4) is 0 Å². The Balaban J connectivity index is 2.09. The summed E-state index contributed by atoms with van der Waals surface area (Å²) in [5.74, 6) is 0.519. The molecule has 6 heteroatoms. The van der Waals surface area contributed by atoms with E-state index in [4.69, 9.17) is 9.47 Å². The Morgan fingerprint density at radius 3 is 2.38 bits per heavy atom. The first-order valence-corrected chi connectivity index (χ1v) is 9.30. The largest absolute Gasteiger partial charge is 0.493 e. The summed E-state index contributed by atoms with van der Waals surface area (Å²) < 4.78 is 11.8. The molecule has 0 radical (unpaired) electrons. The van der Waals surface area contributed by atoms with Crippen LogP contribution in [0.1, 0.15) is 30.0 Å². The molecule has 138 valence electrons. The molecule has 0 amide bonds. The van der Waals surface area contributed by atoms with E-state index in [1.807, 2.05) is 42.5 Å². The lowest BCUT2D eigenvalue weighted by molar-refractivity contribution is -0.142. The Morgan fingerprint density at radius 2 is 1.77 bits per heavy atom. The zero-order valence-corrected chi connectivity index (χ0v) is 16.4. The Hall–Kier alpha value is -2.05. The monoisotopic (exact) mass is 419 g/mol. The minimum absolute atomic E-state index is 0.161. The van der Waals surface area contributed by atoms with Gasteiger partial charge in [-0.25, -0.2) is 0 Å². The molecular weight excluding hydrogens is 398 g/mol. The van der Waals surface area contributed by atoms with Gasteiger partial charge in [0.05, 0.1) is 20.3 Å². The van der Waals surface area contributed by atoms with E-state index < -0.39 is 12.0 Å². The fraction of sp³-hybridized carbons (Fsp3) is 0.350. The van der Waals surface area contributed by atoms with E-state index in [-0.39, 0.29) is 6.04 Å². The molecule has 1 saturated heterocycles. The number of carboxylic acid groups (broad SMARTS) is 1. The maximum Gasteiger partial charge on any atom is 0.320 e. The highest BCUT2D eigenvalue weighted by atomic mass is 79.9. The Morgan fingerprint density at radius 1 is 1.12 bits per heavy atom. The average Bonchev–Trinajstić information content (AvgIpc) is 3.13. The van der Waals surface area contributed by atoms with Crippen molar-refractivity contribution in [3.63, 3.8) is 0 Å². The van der Waals surface area contributed by atoms with E-state index in [0.717, 1.165) is 28.6 Å². The number of hydrogen-bond donors (Lipinski definition) is 1. The van der Waals surface area contributed by atoms with Crippen LogP contribution in [0.4, 0.5) is 0 Å². The van der Waals surface area contributed by atoms with Crippen LogP contribution in [-0.4, -0.2) is 42.8 Å². The van der Waals surface area contributed by atoms with Crippen molar-refractivity contribution in [3.05, 3.63) is 58.1 Å². The molecule has 2 unspecified atom stereocenters. The third-order valence-electron chi connectivity index (χ3n) is 4.82. The van der Waals surface area contributed by atoms with Gasteiger partial charge in [-0.2, -0.15) is 0 Å². The second-order valence-corrected chi connectivity index (χ2v) is 7.22. The first kappa shape index (κ1) is 18.7. The molecule has 2 aromatic carbocycles. The summed E-state index contributed by atoms with van der Waals surface area (Å²) >= 11 is 3.47. The summed E-state index contributed by atoms with van der Waals surface area (Å²) in [7, 11) is 3.21. The molecule has 1 N–H and O–H groups in total. The SMILES string of the molecule is COc1ccc(C(c2ccc(Br)cc2)N2CCCC2C(=O)O)cc1OC. The maximum atomic E-state index is 11.8. The zero-order valence-electron chi connectivity index (χ0n) is 14.8. The van der Waals surface area contributed by atoms with E-state index in [2.05, 4.69) is 20.8 Å². The molecule has 26 heavy (non-hydrogen) atoms. The zero-order chi connectivity index (χ0) is 18.7.